The summed E-state index contributed by atoms with van der Waals surface area (Å²) >= 11 is 0. The maximum atomic E-state index is 12.5. The maximum Gasteiger partial charge on any atom is 0.407 e. The Kier molecular flexibility index (Phi) is 12.5. The van der Waals surface area contributed by atoms with Crippen molar-refractivity contribution in [2.45, 2.75) is 13.0 Å². The van der Waals surface area contributed by atoms with Gasteiger partial charge in [-0.05, 0) is 5.56 Å². The molecule has 2 amide bonds. The number of benzene rings is 1. The van der Waals surface area contributed by atoms with Crippen LogP contribution in [0.2, 0.25) is 0 Å². The zero-order valence-electron chi connectivity index (χ0n) is 17.4. The third-order valence-corrected chi connectivity index (χ3v) is 4.30. The van der Waals surface area contributed by atoms with E-state index in [1.165, 1.54) is 0 Å². The maximum absolute atomic E-state index is 12.5. The smallest absolute Gasteiger partial charge is 0.407 e. The van der Waals surface area contributed by atoms with Gasteiger partial charge in [0.2, 0.25) is 5.91 Å². The van der Waals surface area contributed by atoms with Gasteiger partial charge in [0.15, 0.2) is 0 Å². The summed E-state index contributed by atoms with van der Waals surface area (Å²) < 4.78 is 26.9. The standard InChI is InChI=1S/C21H32N2O7/c24-20(6-7-22-21(25)30-18-19-4-2-1-3-5-19)23-8-10-26-12-14-28-16-17-29-15-13-27-11-9-23/h1-5H,6-18H2,(H,22,25). The first-order valence-electron chi connectivity index (χ1n) is 10.3. The lowest BCUT2D eigenvalue weighted by atomic mass is 10.2. The molecule has 0 radical (unpaired) electrons. The van der Waals surface area contributed by atoms with Gasteiger partial charge >= 0.3 is 6.09 Å². The Bertz CT molecular complexity index is 584. The molecule has 1 fully saturated rings. The van der Waals surface area contributed by atoms with Crippen molar-refractivity contribution in [3.63, 3.8) is 0 Å². The number of rotatable bonds is 5. The van der Waals surface area contributed by atoms with Crippen molar-refractivity contribution in [1.29, 1.82) is 0 Å². The fraction of sp³-hybridized carbons (Fsp3) is 0.619. The van der Waals surface area contributed by atoms with Crippen molar-refractivity contribution in [1.82, 2.24) is 10.2 Å². The van der Waals surface area contributed by atoms with Crippen LogP contribution in [0.3, 0.4) is 0 Å². The van der Waals surface area contributed by atoms with E-state index in [4.69, 9.17) is 23.7 Å². The van der Waals surface area contributed by atoms with Gasteiger partial charge in [0, 0.05) is 26.1 Å². The van der Waals surface area contributed by atoms with Gasteiger partial charge in [0.05, 0.1) is 52.9 Å². The van der Waals surface area contributed by atoms with Crippen molar-refractivity contribution < 1.29 is 33.3 Å². The first-order valence-corrected chi connectivity index (χ1v) is 10.3. The van der Waals surface area contributed by atoms with Gasteiger partial charge in [-0.3, -0.25) is 4.79 Å². The molecule has 1 aliphatic heterocycles. The van der Waals surface area contributed by atoms with Crippen LogP contribution in [0.25, 0.3) is 0 Å². The quantitative estimate of drug-likeness (QED) is 0.759. The van der Waals surface area contributed by atoms with Gasteiger partial charge < -0.3 is 33.9 Å². The van der Waals surface area contributed by atoms with E-state index in [1.807, 2.05) is 30.3 Å². The number of hydrogen-bond acceptors (Lipinski definition) is 7. The SMILES string of the molecule is O=C(NCCC(=O)N1CCOCCOCCOCCOCC1)OCc1ccccc1. The van der Waals surface area contributed by atoms with Crippen LogP contribution in [-0.2, 0) is 35.1 Å². The van der Waals surface area contributed by atoms with E-state index < -0.39 is 6.09 Å². The van der Waals surface area contributed by atoms with Gasteiger partial charge in [-0.15, -0.1) is 0 Å². The van der Waals surface area contributed by atoms with E-state index in [-0.39, 0.29) is 25.5 Å². The molecule has 0 atom stereocenters. The second-order valence-corrected chi connectivity index (χ2v) is 6.57. The highest BCUT2D eigenvalue weighted by atomic mass is 16.6. The van der Waals surface area contributed by atoms with Gasteiger partial charge in [0.25, 0.3) is 0 Å². The lowest BCUT2D eigenvalue weighted by molar-refractivity contribution is -0.132. The molecule has 1 saturated heterocycles. The number of carbonyl (C=O) groups excluding carboxylic acids is 2. The predicted octanol–water partition coefficient (Wildman–Crippen LogP) is 1.21. The molecule has 1 N–H and O–H groups in total. The van der Waals surface area contributed by atoms with Crippen molar-refractivity contribution in [2.24, 2.45) is 0 Å². The number of carbonyl (C=O) groups is 2. The number of hydrogen-bond donors (Lipinski definition) is 1. The Morgan fingerprint density at radius 3 is 1.93 bits per heavy atom. The summed E-state index contributed by atoms with van der Waals surface area (Å²) in [7, 11) is 0. The molecule has 1 aromatic rings. The molecule has 0 saturated carbocycles. The minimum Gasteiger partial charge on any atom is -0.445 e. The van der Waals surface area contributed by atoms with E-state index in [0.29, 0.717) is 65.9 Å². The second-order valence-electron chi connectivity index (χ2n) is 6.57. The van der Waals surface area contributed by atoms with Crippen LogP contribution < -0.4 is 5.32 Å². The number of nitrogens with zero attached hydrogens (tertiary/aromatic N) is 1. The summed E-state index contributed by atoms with van der Waals surface area (Å²) in [4.78, 5) is 26.0. The zero-order valence-corrected chi connectivity index (χ0v) is 17.4. The number of amides is 2. The van der Waals surface area contributed by atoms with Crippen LogP contribution in [0.5, 0.6) is 0 Å². The van der Waals surface area contributed by atoms with Gasteiger partial charge in [0.1, 0.15) is 6.61 Å². The summed E-state index contributed by atoms with van der Waals surface area (Å²) in [5.41, 5.74) is 0.904. The monoisotopic (exact) mass is 424 g/mol. The summed E-state index contributed by atoms with van der Waals surface area (Å²) in [6.07, 6.45) is -0.373. The van der Waals surface area contributed by atoms with Crippen molar-refractivity contribution in [2.75, 3.05) is 72.5 Å². The Morgan fingerprint density at radius 2 is 1.37 bits per heavy atom. The third kappa shape index (κ3) is 11.1. The largest absolute Gasteiger partial charge is 0.445 e. The van der Waals surface area contributed by atoms with Crippen LogP contribution >= 0.6 is 0 Å². The average molecular weight is 424 g/mol. The van der Waals surface area contributed by atoms with E-state index in [9.17, 15) is 9.59 Å². The first kappa shape index (κ1) is 24.1. The molecule has 0 aliphatic carbocycles. The molecule has 168 valence electrons. The third-order valence-electron chi connectivity index (χ3n) is 4.30. The Hall–Kier alpha value is -2.20. The highest BCUT2D eigenvalue weighted by Gasteiger charge is 2.14. The fourth-order valence-electron chi connectivity index (χ4n) is 2.68. The molecule has 30 heavy (non-hydrogen) atoms. The molecule has 2 rings (SSSR count). The lowest BCUT2D eigenvalue weighted by Crippen LogP contribution is -2.39. The van der Waals surface area contributed by atoms with Crippen LogP contribution in [0, 0.1) is 0 Å². The summed E-state index contributed by atoms with van der Waals surface area (Å²) in [6, 6.07) is 9.41. The highest BCUT2D eigenvalue weighted by molar-refractivity contribution is 5.77. The molecular weight excluding hydrogens is 392 g/mol. The fourth-order valence-corrected chi connectivity index (χ4v) is 2.68. The summed E-state index contributed by atoms with van der Waals surface area (Å²) in [6.45, 7) is 5.08. The Balaban J connectivity index is 1.67. The normalized spacial score (nSPS) is 17.4. The molecule has 0 spiro atoms. The van der Waals surface area contributed by atoms with Crippen LogP contribution in [-0.4, -0.2) is 89.4 Å². The molecule has 1 aliphatic rings. The Labute approximate surface area is 177 Å². The van der Waals surface area contributed by atoms with Crippen molar-refractivity contribution >= 4 is 12.0 Å². The summed E-state index contributed by atoms with van der Waals surface area (Å²) in [5, 5.41) is 2.61. The molecule has 9 heteroatoms. The number of nitrogens with one attached hydrogen (secondary N) is 1. The van der Waals surface area contributed by atoms with E-state index >= 15 is 0 Å². The average Bonchev–Trinajstić information content (AvgIpc) is 2.77. The predicted molar refractivity (Wildman–Crippen MR) is 109 cm³/mol. The molecule has 0 aromatic heterocycles. The van der Waals surface area contributed by atoms with Crippen LogP contribution in [0.1, 0.15) is 12.0 Å². The summed E-state index contributed by atoms with van der Waals surface area (Å²) in [5.74, 6) is -0.0811. The van der Waals surface area contributed by atoms with E-state index in [1.54, 1.807) is 4.90 Å². The van der Waals surface area contributed by atoms with Gasteiger partial charge in [-0.2, -0.15) is 0 Å². The number of alkyl carbamates (subject to hydrolysis) is 1. The first-order chi connectivity index (χ1) is 14.8. The van der Waals surface area contributed by atoms with E-state index in [2.05, 4.69) is 5.32 Å². The molecule has 1 heterocycles. The minimum absolute atomic E-state index is 0.0811. The molecule has 0 bridgehead atoms. The minimum atomic E-state index is -0.546. The van der Waals surface area contributed by atoms with Crippen LogP contribution in [0.15, 0.2) is 30.3 Å². The Morgan fingerprint density at radius 1 is 0.833 bits per heavy atom. The lowest BCUT2D eigenvalue weighted by Gasteiger charge is -2.23. The molecular formula is C21H32N2O7. The van der Waals surface area contributed by atoms with Gasteiger partial charge in [-0.25, -0.2) is 4.79 Å². The van der Waals surface area contributed by atoms with Crippen molar-refractivity contribution in [3.05, 3.63) is 35.9 Å². The second kappa shape index (κ2) is 15.6. The molecule has 1 aromatic carbocycles. The molecule has 9 nitrogen and oxygen atoms in total. The zero-order chi connectivity index (χ0) is 21.3. The van der Waals surface area contributed by atoms with Gasteiger partial charge in [-0.1, -0.05) is 30.3 Å². The topological polar surface area (TPSA) is 95.6 Å². The van der Waals surface area contributed by atoms with Crippen molar-refractivity contribution in [3.8, 4) is 0 Å². The number of ether oxygens (including phenoxy) is 5. The highest BCUT2D eigenvalue weighted by Crippen LogP contribution is 2.01. The van der Waals surface area contributed by atoms with E-state index in [0.717, 1.165) is 5.56 Å². The van der Waals surface area contributed by atoms with Crippen LogP contribution in [0.4, 0.5) is 4.79 Å². The molecule has 0 unspecified atom stereocenters.